The molecule has 0 saturated carbocycles. The number of thiophene rings is 1. The van der Waals surface area contributed by atoms with Crippen LogP contribution in [0.1, 0.15) is 23.7 Å². The van der Waals surface area contributed by atoms with Gasteiger partial charge in [-0.15, -0.1) is 11.3 Å². The maximum Gasteiger partial charge on any atom is 0.0492 e. The molecule has 2 aromatic heterocycles. The fourth-order valence-electron chi connectivity index (χ4n) is 2.39. The van der Waals surface area contributed by atoms with Gasteiger partial charge in [-0.2, -0.15) is 5.10 Å². The molecule has 1 aromatic carbocycles. The van der Waals surface area contributed by atoms with E-state index in [0.29, 0.717) is 0 Å². The lowest BCUT2D eigenvalue weighted by Crippen LogP contribution is -2.12. The van der Waals surface area contributed by atoms with Crippen LogP contribution in [0.25, 0.3) is 10.1 Å². The van der Waals surface area contributed by atoms with Crippen molar-refractivity contribution in [2.24, 2.45) is 12.8 Å². The number of fused-ring (bicyclic) bond motifs is 1. The van der Waals surface area contributed by atoms with Crippen molar-refractivity contribution >= 4 is 21.4 Å². The quantitative estimate of drug-likeness (QED) is 0.791. The van der Waals surface area contributed by atoms with Gasteiger partial charge in [0.1, 0.15) is 0 Å². The largest absolute Gasteiger partial charge is 0.324 e. The van der Waals surface area contributed by atoms with Crippen LogP contribution in [0.15, 0.2) is 41.9 Å². The molecule has 1 atom stereocenters. The van der Waals surface area contributed by atoms with E-state index in [2.05, 4.69) is 40.8 Å². The highest BCUT2D eigenvalue weighted by atomic mass is 32.1. The first-order valence-electron chi connectivity index (χ1n) is 6.44. The second-order valence-corrected chi connectivity index (χ2v) is 5.69. The van der Waals surface area contributed by atoms with Crippen molar-refractivity contribution in [1.29, 1.82) is 0 Å². The predicted octanol–water partition coefficient (Wildman–Crippen LogP) is 3.27. The van der Waals surface area contributed by atoms with Crippen LogP contribution in [0.4, 0.5) is 0 Å². The Kier molecular flexibility index (Phi) is 3.36. The van der Waals surface area contributed by atoms with Crippen molar-refractivity contribution in [3.8, 4) is 0 Å². The minimum absolute atomic E-state index is 0.0889. The summed E-state index contributed by atoms with van der Waals surface area (Å²) in [6, 6.07) is 10.6. The van der Waals surface area contributed by atoms with E-state index in [9.17, 15) is 0 Å². The third kappa shape index (κ3) is 2.41. The van der Waals surface area contributed by atoms with Gasteiger partial charge in [0.15, 0.2) is 0 Å². The number of nitrogens with zero attached hydrogens (tertiary/aromatic N) is 2. The first kappa shape index (κ1) is 12.4. The van der Waals surface area contributed by atoms with E-state index >= 15 is 0 Å². The summed E-state index contributed by atoms with van der Waals surface area (Å²) in [5.74, 6) is 0. The molecule has 0 aliphatic carbocycles. The van der Waals surface area contributed by atoms with Gasteiger partial charge in [-0.3, -0.25) is 4.68 Å². The first-order valence-corrected chi connectivity index (χ1v) is 7.32. The van der Waals surface area contributed by atoms with Crippen LogP contribution in [-0.2, 0) is 13.5 Å². The zero-order valence-corrected chi connectivity index (χ0v) is 11.7. The molecule has 98 valence electrons. The van der Waals surface area contributed by atoms with Gasteiger partial charge in [-0.1, -0.05) is 18.2 Å². The van der Waals surface area contributed by atoms with Crippen LogP contribution in [0.3, 0.4) is 0 Å². The molecule has 2 N–H and O–H groups in total. The van der Waals surface area contributed by atoms with Gasteiger partial charge in [0, 0.05) is 29.7 Å². The molecule has 2 heterocycles. The van der Waals surface area contributed by atoms with Crippen molar-refractivity contribution < 1.29 is 0 Å². The Morgan fingerprint density at radius 2 is 2.16 bits per heavy atom. The molecule has 3 aromatic rings. The molecule has 3 rings (SSSR count). The lowest BCUT2D eigenvalue weighted by atomic mass is 10.0. The SMILES string of the molecule is Cn1nccc1CCC(N)c1csc2ccccc12. The number of rotatable bonds is 4. The molecule has 0 fully saturated rings. The third-order valence-corrected chi connectivity index (χ3v) is 4.53. The van der Waals surface area contributed by atoms with Gasteiger partial charge in [-0.05, 0) is 41.3 Å². The van der Waals surface area contributed by atoms with Gasteiger partial charge in [-0.25, -0.2) is 0 Å². The summed E-state index contributed by atoms with van der Waals surface area (Å²) in [6.45, 7) is 0. The highest BCUT2D eigenvalue weighted by molar-refractivity contribution is 7.17. The van der Waals surface area contributed by atoms with E-state index in [1.165, 1.54) is 21.3 Å². The number of benzene rings is 1. The van der Waals surface area contributed by atoms with Gasteiger partial charge in [0.05, 0.1) is 0 Å². The minimum atomic E-state index is 0.0889. The van der Waals surface area contributed by atoms with Crippen molar-refractivity contribution in [3.63, 3.8) is 0 Å². The average Bonchev–Trinajstić information content (AvgIpc) is 3.02. The molecular formula is C15H17N3S. The summed E-state index contributed by atoms with van der Waals surface area (Å²) in [5, 5.41) is 7.67. The predicted molar refractivity (Wildman–Crippen MR) is 80.3 cm³/mol. The van der Waals surface area contributed by atoms with Gasteiger partial charge < -0.3 is 5.73 Å². The van der Waals surface area contributed by atoms with Crippen LogP contribution in [0.5, 0.6) is 0 Å². The van der Waals surface area contributed by atoms with Crippen molar-refractivity contribution in [1.82, 2.24) is 9.78 Å². The lowest BCUT2D eigenvalue weighted by molar-refractivity contribution is 0.617. The van der Waals surface area contributed by atoms with Crippen molar-refractivity contribution in [3.05, 3.63) is 53.2 Å². The third-order valence-electron chi connectivity index (χ3n) is 3.54. The Morgan fingerprint density at radius 3 is 2.95 bits per heavy atom. The van der Waals surface area contributed by atoms with E-state index in [0.717, 1.165) is 12.8 Å². The van der Waals surface area contributed by atoms with E-state index in [1.807, 2.05) is 17.9 Å². The average molecular weight is 271 g/mol. The Morgan fingerprint density at radius 1 is 1.32 bits per heavy atom. The normalized spacial score (nSPS) is 12.9. The summed E-state index contributed by atoms with van der Waals surface area (Å²) in [5.41, 5.74) is 8.85. The topological polar surface area (TPSA) is 43.8 Å². The smallest absolute Gasteiger partial charge is 0.0492 e. The maximum absolute atomic E-state index is 6.35. The number of nitrogens with two attached hydrogens (primary N) is 1. The first-order chi connectivity index (χ1) is 9.25. The highest BCUT2D eigenvalue weighted by Gasteiger charge is 2.12. The van der Waals surface area contributed by atoms with E-state index in [4.69, 9.17) is 5.73 Å². The molecule has 0 radical (unpaired) electrons. The summed E-state index contributed by atoms with van der Waals surface area (Å²) in [4.78, 5) is 0. The van der Waals surface area contributed by atoms with Gasteiger partial charge in [0.2, 0.25) is 0 Å². The van der Waals surface area contributed by atoms with E-state index in [1.54, 1.807) is 11.3 Å². The standard InChI is InChI=1S/C15H17N3S/c1-18-11(8-9-17-18)6-7-14(16)13-10-19-15-5-3-2-4-12(13)15/h2-5,8-10,14H,6-7,16H2,1H3. The molecule has 0 amide bonds. The molecular weight excluding hydrogens is 254 g/mol. The molecule has 0 bridgehead atoms. The van der Waals surface area contributed by atoms with Crippen LogP contribution >= 0.6 is 11.3 Å². The molecule has 19 heavy (non-hydrogen) atoms. The van der Waals surface area contributed by atoms with E-state index < -0.39 is 0 Å². The zero-order valence-electron chi connectivity index (χ0n) is 10.9. The van der Waals surface area contributed by atoms with Crippen molar-refractivity contribution in [2.45, 2.75) is 18.9 Å². The molecule has 0 aliphatic rings. The van der Waals surface area contributed by atoms with Gasteiger partial charge in [0.25, 0.3) is 0 Å². The van der Waals surface area contributed by atoms with Crippen LogP contribution in [0.2, 0.25) is 0 Å². The number of aryl methyl sites for hydroxylation is 2. The van der Waals surface area contributed by atoms with Gasteiger partial charge >= 0.3 is 0 Å². The van der Waals surface area contributed by atoms with Crippen LogP contribution in [-0.4, -0.2) is 9.78 Å². The fraction of sp³-hybridized carbons (Fsp3) is 0.267. The zero-order chi connectivity index (χ0) is 13.2. The van der Waals surface area contributed by atoms with E-state index in [-0.39, 0.29) is 6.04 Å². The maximum atomic E-state index is 6.35. The van der Waals surface area contributed by atoms with Crippen LogP contribution in [0, 0.1) is 0 Å². The molecule has 0 spiro atoms. The summed E-state index contributed by atoms with van der Waals surface area (Å²) >= 11 is 1.77. The van der Waals surface area contributed by atoms with Crippen molar-refractivity contribution in [2.75, 3.05) is 0 Å². The lowest BCUT2D eigenvalue weighted by Gasteiger charge is -2.11. The number of hydrogen-bond donors (Lipinski definition) is 1. The number of hydrogen-bond acceptors (Lipinski definition) is 3. The molecule has 3 nitrogen and oxygen atoms in total. The Balaban J connectivity index is 1.77. The summed E-state index contributed by atoms with van der Waals surface area (Å²) < 4.78 is 3.23. The number of aromatic nitrogens is 2. The highest BCUT2D eigenvalue weighted by Crippen LogP contribution is 2.30. The molecule has 1 unspecified atom stereocenters. The Labute approximate surface area is 116 Å². The summed E-state index contributed by atoms with van der Waals surface area (Å²) in [6.07, 6.45) is 3.74. The monoisotopic (exact) mass is 271 g/mol. The molecule has 0 saturated heterocycles. The molecule has 0 aliphatic heterocycles. The second-order valence-electron chi connectivity index (χ2n) is 4.78. The fourth-order valence-corrected chi connectivity index (χ4v) is 3.42. The minimum Gasteiger partial charge on any atom is -0.324 e. The Bertz CT molecular complexity index is 683. The van der Waals surface area contributed by atoms with Crippen LogP contribution < -0.4 is 5.73 Å². The Hall–Kier alpha value is -1.65. The molecule has 4 heteroatoms. The second kappa shape index (κ2) is 5.15. The summed E-state index contributed by atoms with van der Waals surface area (Å²) in [7, 11) is 1.97.